The second kappa shape index (κ2) is 11.3. The van der Waals surface area contributed by atoms with Crippen LogP contribution in [-0.2, 0) is 4.74 Å². The number of rotatable bonds is 9. The van der Waals surface area contributed by atoms with E-state index in [0.29, 0.717) is 25.9 Å². The first-order valence-corrected chi connectivity index (χ1v) is 18.8. The van der Waals surface area contributed by atoms with Crippen LogP contribution in [0.2, 0.25) is 0 Å². The van der Waals surface area contributed by atoms with Crippen LogP contribution >= 0.6 is 11.3 Å². The van der Waals surface area contributed by atoms with E-state index in [1.807, 2.05) is 12.1 Å². The standard InChI is InChI=1S/C39H51NO6S/c1-35-12-9-26(42)19-37(35)15-16-39(29(20-37)34(44)31-18-25-6-3-4-8-30(25)47-31)32(35)10-13-36(2)33(39)11-14-38(36,45)24-40(21-27(43)23-41)22-28-7-5-17-46-28/h3-4,6,8,15-16,18,20,26-28,32-33,41-43,45H,5,7,9-14,17,19,21-24H2,1-2H3. The highest BCUT2D eigenvalue weighted by Crippen LogP contribution is 2.78. The molecular weight excluding hydrogens is 610 g/mol. The minimum absolute atomic E-state index is 0.0617. The quantitative estimate of drug-likeness (QED) is 0.207. The van der Waals surface area contributed by atoms with Crippen molar-refractivity contribution in [2.75, 3.05) is 32.8 Å². The Labute approximate surface area is 282 Å². The lowest BCUT2D eigenvalue weighted by atomic mass is 9.32. The van der Waals surface area contributed by atoms with E-state index >= 15 is 0 Å². The molecule has 2 spiro atoms. The molecule has 0 amide bonds. The molecule has 254 valence electrons. The van der Waals surface area contributed by atoms with Gasteiger partial charge in [0, 0.05) is 52.8 Å². The topological polar surface area (TPSA) is 110 Å². The molecule has 47 heavy (non-hydrogen) atoms. The van der Waals surface area contributed by atoms with Crippen LogP contribution in [0, 0.1) is 33.5 Å². The average molecular weight is 662 g/mol. The highest BCUT2D eigenvalue weighted by molar-refractivity contribution is 7.21. The molecule has 2 heterocycles. The van der Waals surface area contributed by atoms with Gasteiger partial charge in [0.2, 0.25) is 0 Å². The van der Waals surface area contributed by atoms with Gasteiger partial charge < -0.3 is 25.2 Å². The van der Waals surface area contributed by atoms with Gasteiger partial charge in [-0.2, -0.15) is 0 Å². The van der Waals surface area contributed by atoms with Crippen LogP contribution < -0.4 is 0 Å². The predicted molar refractivity (Wildman–Crippen MR) is 183 cm³/mol. The fourth-order valence-corrected chi connectivity index (χ4v) is 12.8. The van der Waals surface area contributed by atoms with Gasteiger partial charge in [-0.3, -0.25) is 9.69 Å². The number of thiophene rings is 1. The van der Waals surface area contributed by atoms with Crippen LogP contribution in [0.5, 0.6) is 0 Å². The van der Waals surface area contributed by atoms with E-state index in [9.17, 15) is 25.2 Å². The fraction of sp³-hybridized carbons (Fsp3) is 0.667. The van der Waals surface area contributed by atoms with Crippen molar-refractivity contribution in [1.29, 1.82) is 0 Å². The summed E-state index contributed by atoms with van der Waals surface area (Å²) in [7, 11) is 0. The number of allylic oxidation sites excluding steroid dienone is 4. The summed E-state index contributed by atoms with van der Waals surface area (Å²) < 4.78 is 7.08. The van der Waals surface area contributed by atoms with Gasteiger partial charge in [0.05, 0.1) is 35.4 Å². The Balaban J connectivity index is 1.21. The molecule has 1 aromatic heterocycles. The van der Waals surface area contributed by atoms with E-state index in [0.717, 1.165) is 72.1 Å². The second-order valence-corrected chi connectivity index (χ2v) is 17.5. The van der Waals surface area contributed by atoms with Gasteiger partial charge in [-0.25, -0.2) is 0 Å². The molecule has 7 nitrogen and oxygen atoms in total. The van der Waals surface area contributed by atoms with Crippen LogP contribution in [0.4, 0.5) is 0 Å². The molecular formula is C39H51NO6S. The first-order chi connectivity index (χ1) is 22.5. The second-order valence-electron chi connectivity index (χ2n) is 16.5. The van der Waals surface area contributed by atoms with E-state index in [4.69, 9.17) is 4.74 Å². The fourth-order valence-electron chi connectivity index (χ4n) is 11.8. The van der Waals surface area contributed by atoms with Crippen molar-refractivity contribution in [1.82, 2.24) is 4.90 Å². The van der Waals surface area contributed by atoms with Crippen molar-refractivity contribution >= 4 is 27.2 Å². The number of carbonyl (C=O) groups excluding carboxylic acids is 1. The number of hydrogen-bond acceptors (Lipinski definition) is 8. The van der Waals surface area contributed by atoms with Crippen LogP contribution in [-0.4, -0.2) is 87.9 Å². The van der Waals surface area contributed by atoms with Crippen LogP contribution in [0.1, 0.15) is 81.3 Å². The molecule has 3 saturated carbocycles. The van der Waals surface area contributed by atoms with Gasteiger partial charge in [0.1, 0.15) is 0 Å². The Morgan fingerprint density at radius 1 is 1.06 bits per heavy atom. The molecule has 2 bridgehead atoms. The number of aliphatic hydroxyl groups is 4. The van der Waals surface area contributed by atoms with E-state index in [-0.39, 0.29) is 53.8 Å². The zero-order valence-corrected chi connectivity index (χ0v) is 28.7. The van der Waals surface area contributed by atoms with E-state index < -0.39 is 22.5 Å². The summed E-state index contributed by atoms with van der Waals surface area (Å²) in [6.07, 6.45) is 13.4. The van der Waals surface area contributed by atoms with E-state index in [2.05, 4.69) is 55.2 Å². The number of ketones is 1. The average Bonchev–Trinajstić information content (AvgIpc) is 3.79. The minimum atomic E-state index is -1.03. The summed E-state index contributed by atoms with van der Waals surface area (Å²) in [5.41, 5.74) is -1.55. The number of fused-ring (bicyclic) bond motifs is 2. The van der Waals surface area contributed by atoms with Crippen LogP contribution in [0.3, 0.4) is 0 Å². The van der Waals surface area contributed by atoms with Gasteiger partial charge in [0.15, 0.2) is 5.78 Å². The Morgan fingerprint density at radius 3 is 2.60 bits per heavy atom. The molecule has 10 unspecified atom stereocenters. The lowest BCUT2D eigenvalue weighted by molar-refractivity contribution is -0.177. The van der Waals surface area contributed by atoms with Crippen molar-refractivity contribution in [3.8, 4) is 0 Å². The summed E-state index contributed by atoms with van der Waals surface area (Å²) in [5, 5.41) is 45.2. The molecule has 6 aliphatic carbocycles. The third kappa shape index (κ3) is 4.62. The number of Topliss-reactive ketones (excluding diaryl/α,β-unsaturated/α-hetero) is 1. The number of nitrogens with zero attached hydrogens (tertiary/aromatic N) is 1. The molecule has 7 aliphatic rings. The van der Waals surface area contributed by atoms with Crippen molar-refractivity contribution in [2.24, 2.45) is 33.5 Å². The predicted octanol–water partition coefficient (Wildman–Crippen LogP) is 5.51. The zero-order valence-electron chi connectivity index (χ0n) is 27.9. The molecule has 1 aliphatic heterocycles. The number of hydrogen-bond donors (Lipinski definition) is 4. The monoisotopic (exact) mass is 661 g/mol. The van der Waals surface area contributed by atoms with Crippen LogP contribution in [0.25, 0.3) is 10.1 Å². The Hall–Kier alpha value is -1.91. The van der Waals surface area contributed by atoms with Gasteiger partial charge in [-0.1, -0.05) is 50.3 Å². The van der Waals surface area contributed by atoms with Gasteiger partial charge in [0.25, 0.3) is 0 Å². The third-order valence-corrected chi connectivity index (χ3v) is 15.4. The lowest BCUT2D eigenvalue weighted by Crippen LogP contribution is -2.67. The zero-order chi connectivity index (χ0) is 32.8. The first-order valence-electron chi connectivity index (χ1n) is 18.0. The normalized spacial score (nSPS) is 42.7. The molecule has 0 radical (unpaired) electrons. The summed E-state index contributed by atoms with van der Waals surface area (Å²) in [4.78, 5) is 17.8. The molecule has 8 heteroatoms. The molecule has 1 saturated heterocycles. The molecule has 4 fully saturated rings. The van der Waals surface area contributed by atoms with Crippen molar-refractivity contribution in [2.45, 2.75) is 95.5 Å². The van der Waals surface area contributed by atoms with Gasteiger partial charge in [-0.05, 0) is 92.6 Å². The first kappa shape index (κ1) is 32.3. The summed E-state index contributed by atoms with van der Waals surface area (Å²) in [6.45, 7) is 6.40. The smallest absolute Gasteiger partial charge is 0.199 e. The number of aliphatic hydroxyl groups excluding tert-OH is 3. The maximum absolute atomic E-state index is 15.0. The van der Waals surface area contributed by atoms with Crippen molar-refractivity contribution in [3.05, 3.63) is 59.0 Å². The maximum Gasteiger partial charge on any atom is 0.199 e. The number of ether oxygens (including phenoxy) is 1. The van der Waals surface area contributed by atoms with Gasteiger partial charge in [-0.15, -0.1) is 11.3 Å². The number of benzene rings is 1. The van der Waals surface area contributed by atoms with Crippen LogP contribution in [0.15, 0.2) is 54.1 Å². The van der Waals surface area contributed by atoms with Gasteiger partial charge >= 0.3 is 0 Å². The summed E-state index contributed by atoms with van der Waals surface area (Å²) in [5.74, 6) is 0.409. The van der Waals surface area contributed by atoms with E-state index in [1.165, 1.54) is 0 Å². The third-order valence-electron chi connectivity index (χ3n) is 14.3. The summed E-state index contributed by atoms with van der Waals surface area (Å²) >= 11 is 1.57. The highest BCUT2D eigenvalue weighted by atomic mass is 32.1. The number of carbonyl (C=O) groups is 1. The minimum Gasteiger partial charge on any atom is -0.394 e. The maximum atomic E-state index is 15.0. The lowest BCUT2D eigenvalue weighted by Gasteiger charge is -2.71. The summed E-state index contributed by atoms with van der Waals surface area (Å²) in [6, 6.07) is 10.2. The Morgan fingerprint density at radius 2 is 1.83 bits per heavy atom. The highest BCUT2D eigenvalue weighted by Gasteiger charge is 2.74. The Kier molecular flexibility index (Phi) is 7.77. The van der Waals surface area contributed by atoms with Crippen molar-refractivity contribution in [3.63, 3.8) is 0 Å². The SMILES string of the molecule is CC12CCC(O)CC13C=CC1(C(C(=O)c4cc5ccccc5s4)=C3)C2CCC2(C)C1CCC2(O)CN(CC(O)CO)CC1CCCO1. The molecule has 1 aromatic carbocycles. The Bertz CT molecular complexity index is 1580. The largest absolute Gasteiger partial charge is 0.394 e. The molecule has 10 atom stereocenters. The molecule has 9 rings (SSSR count). The molecule has 4 N–H and O–H groups in total. The van der Waals surface area contributed by atoms with Crippen molar-refractivity contribution < 1.29 is 30.0 Å². The van der Waals surface area contributed by atoms with E-state index in [1.54, 1.807) is 11.3 Å². The molecule has 2 aromatic rings.